The van der Waals surface area contributed by atoms with Crippen molar-refractivity contribution in [2.75, 3.05) is 0 Å². The van der Waals surface area contributed by atoms with E-state index in [0.29, 0.717) is 15.7 Å². The Kier molecular flexibility index (Phi) is 4.61. The molecule has 0 aliphatic rings. The van der Waals surface area contributed by atoms with Gasteiger partial charge in [-0.2, -0.15) is 15.3 Å². The van der Waals surface area contributed by atoms with E-state index >= 15 is 0 Å². The summed E-state index contributed by atoms with van der Waals surface area (Å²) >= 11 is 12.2. The normalized spacial score (nSPS) is 10.7. The molecule has 26 heavy (non-hydrogen) atoms. The molecule has 0 saturated carbocycles. The van der Waals surface area contributed by atoms with Gasteiger partial charge < -0.3 is 0 Å². The highest BCUT2D eigenvalue weighted by Crippen LogP contribution is 2.34. The lowest BCUT2D eigenvalue weighted by atomic mass is 9.99. The van der Waals surface area contributed by atoms with Gasteiger partial charge in [0.15, 0.2) is 0 Å². The Morgan fingerprint density at radius 2 is 1.58 bits per heavy atom. The standard InChI is InChI=1S/C20H11Cl2N4/c21-18-7-6-14(8-19(18)22)16-11-23-24-12-17(16)20-9-15(10-25-26-20)13-4-2-1-3-5-13/h1-10,12H. The molecule has 4 rings (SSSR count). The van der Waals surface area contributed by atoms with Gasteiger partial charge in [-0.15, -0.1) is 5.10 Å². The minimum Gasteiger partial charge on any atom is -0.158 e. The minimum absolute atomic E-state index is 0.462. The van der Waals surface area contributed by atoms with Crippen molar-refractivity contribution < 1.29 is 0 Å². The lowest BCUT2D eigenvalue weighted by Gasteiger charge is -2.09. The number of halogens is 2. The van der Waals surface area contributed by atoms with Crippen LogP contribution in [0.15, 0.2) is 67.0 Å². The fourth-order valence-electron chi connectivity index (χ4n) is 2.64. The van der Waals surface area contributed by atoms with Crippen LogP contribution in [0.4, 0.5) is 0 Å². The van der Waals surface area contributed by atoms with Crippen molar-refractivity contribution in [3.63, 3.8) is 0 Å². The summed E-state index contributed by atoms with van der Waals surface area (Å²) in [5.74, 6) is 0. The fourth-order valence-corrected chi connectivity index (χ4v) is 2.94. The van der Waals surface area contributed by atoms with E-state index in [-0.39, 0.29) is 0 Å². The number of hydrogen-bond acceptors (Lipinski definition) is 4. The second kappa shape index (κ2) is 7.20. The molecule has 0 amide bonds. The third-order valence-electron chi connectivity index (χ3n) is 3.92. The molecule has 6 heteroatoms. The van der Waals surface area contributed by atoms with Crippen LogP contribution in [0, 0.1) is 6.20 Å². The molecule has 4 aromatic rings. The topological polar surface area (TPSA) is 51.6 Å². The second-order valence-electron chi connectivity index (χ2n) is 5.57. The number of rotatable bonds is 3. The number of nitrogens with zero attached hydrogens (tertiary/aromatic N) is 4. The van der Waals surface area contributed by atoms with Crippen LogP contribution < -0.4 is 0 Å². The van der Waals surface area contributed by atoms with Crippen molar-refractivity contribution >= 4 is 23.2 Å². The Morgan fingerprint density at radius 1 is 0.731 bits per heavy atom. The molecule has 0 unspecified atom stereocenters. The molecular weight excluding hydrogens is 367 g/mol. The highest BCUT2D eigenvalue weighted by Gasteiger charge is 2.13. The van der Waals surface area contributed by atoms with E-state index in [1.54, 1.807) is 24.5 Å². The van der Waals surface area contributed by atoms with Crippen molar-refractivity contribution in [1.29, 1.82) is 0 Å². The molecule has 0 bridgehead atoms. The first kappa shape index (κ1) is 16.6. The molecule has 0 aliphatic carbocycles. The van der Waals surface area contributed by atoms with Crippen LogP contribution >= 0.6 is 23.2 Å². The highest BCUT2D eigenvalue weighted by molar-refractivity contribution is 6.42. The summed E-state index contributed by atoms with van der Waals surface area (Å²) in [6, 6.07) is 17.3. The first-order chi connectivity index (χ1) is 12.7. The molecular formula is C20H11Cl2N4. The predicted octanol–water partition coefficient (Wildman–Crippen LogP) is 5.37. The predicted molar refractivity (Wildman–Crippen MR) is 103 cm³/mol. The summed E-state index contributed by atoms with van der Waals surface area (Å²) in [4.78, 5) is 0. The van der Waals surface area contributed by atoms with Gasteiger partial charge in [-0.05, 0) is 29.3 Å². The van der Waals surface area contributed by atoms with Gasteiger partial charge >= 0.3 is 0 Å². The van der Waals surface area contributed by atoms with E-state index in [4.69, 9.17) is 23.2 Å². The zero-order chi connectivity index (χ0) is 17.9. The van der Waals surface area contributed by atoms with Crippen molar-refractivity contribution in [2.24, 2.45) is 0 Å². The van der Waals surface area contributed by atoms with Gasteiger partial charge in [-0.3, -0.25) is 0 Å². The van der Waals surface area contributed by atoms with Crippen LogP contribution in [-0.2, 0) is 0 Å². The SMILES string of the molecule is Clc1ccc(-c2[c]nncc2-c2cc(-c3ccccc3)cnn2)cc1Cl. The molecule has 2 aromatic heterocycles. The van der Waals surface area contributed by atoms with Gasteiger partial charge in [-0.1, -0.05) is 59.6 Å². The largest absolute Gasteiger partial charge is 0.158 e. The Balaban J connectivity index is 1.83. The van der Waals surface area contributed by atoms with Crippen LogP contribution in [0.3, 0.4) is 0 Å². The van der Waals surface area contributed by atoms with Crippen LogP contribution in [-0.4, -0.2) is 20.4 Å². The Bertz CT molecular complexity index is 1070. The van der Waals surface area contributed by atoms with Gasteiger partial charge in [0, 0.05) is 16.7 Å². The van der Waals surface area contributed by atoms with Gasteiger partial charge in [0.05, 0.1) is 28.1 Å². The van der Waals surface area contributed by atoms with E-state index in [9.17, 15) is 0 Å². The monoisotopic (exact) mass is 377 g/mol. The van der Waals surface area contributed by atoms with E-state index < -0.39 is 0 Å². The molecule has 1 radical (unpaired) electrons. The van der Waals surface area contributed by atoms with Gasteiger partial charge in [0.2, 0.25) is 0 Å². The third kappa shape index (κ3) is 3.29. The van der Waals surface area contributed by atoms with E-state index in [2.05, 4.69) is 26.6 Å². The molecule has 2 aromatic carbocycles. The molecule has 0 N–H and O–H groups in total. The van der Waals surface area contributed by atoms with Gasteiger partial charge in [-0.25, -0.2) is 0 Å². The molecule has 4 nitrogen and oxygen atoms in total. The number of hydrogen-bond donors (Lipinski definition) is 0. The quantitative estimate of drug-likeness (QED) is 0.481. The van der Waals surface area contributed by atoms with Crippen LogP contribution in [0.25, 0.3) is 33.5 Å². The summed E-state index contributed by atoms with van der Waals surface area (Å²) in [7, 11) is 0. The smallest absolute Gasteiger partial charge is 0.122 e. The third-order valence-corrected chi connectivity index (χ3v) is 4.66. The Morgan fingerprint density at radius 3 is 2.38 bits per heavy atom. The summed E-state index contributed by atoms with van der Waals surface area (Å²) in [5, 5.41) is 17.2. The molecule has 0 aliphatic heterocycles. The Labute approximate surface area is 160 Å². The average molecular weight is 378 g/mol. The molecule has 2 heterocycles. The molecule has 0 saturated heterocycles. The van der Waals surface area contributed by atoms with Crippen molar-refractivity contribution in [1.82, 2.24) is 20.4 Å². The van der Waals surface area contributed by atoms with Crippen LogP contribution in [0.5, 0.6) is 0 Å². The lowest BCUT2D eigenvalue weighted by Crippen LogP contribution is -1.95. The summed E-state index contributed by atoms with van der Waals surface area (Å²) in [6.45, 7) is 0. The molecule has 0 spiro atoms. The molecule has 0 atom stereocenters. The minimum atomic E-state index is 0.462. The summed E-state index contributed by atoms with van der Waals surface area (Å²) < 4.78 is 0. The maximum Gasteiger partial charge on any atom is 0.122 e. The highest BCUT2D eigenvalue weighted by atomic mass is 35.5. The number of benzene rings is 2. The van der Waals surface area contributed by atoms with Crippen LogP contribution in [0.1, 0.15) is 0 Å². The maximum absolute atomic E-state index is 6.16. The van der Waals surface area contributed by atoms with Gasteiger partial charge in [0.1, 0.15) is 6.20 Å². The van der Waals surface area contributed by atoms with Crippen LogP contribution in [0.2, 0.25) is 10.0 Å². The Hall–Kier alpha value is -2.82. The number of aromatic nitrogens is 4. The summed E-state index contributed by atoms with van der Waals surface area (Å²) in [5.41, 5.74) is 5.04. The van der Waals surface area contributed by atoms with Crippen molar-refractivity contribution in [2.45, 2.75) is 0 Å². The first-order valence-electron chi connectivity index (χ1n) is 7.79. The second-order valence-corrected chi connectivity index (χ2v) is 6.38. The molecule has 125 valence electrons. The maximum atomic E-state index is 6.16. The van der Waals surface area contributed by atoms with E-state index in [1.807, 2.05) is 42.5 Å². The van der Waals surface area contributed by atoms with E-state index in [0.717, 1.165) is 27.8 Å². The first-order valence-corrected chi connectivity index (χ1v) is 8.55. The van der Waals surface area contributed by atoms with E-state index in [1.165, 1.54) is 0 Å². The zero-order valence-electron chi connectivity index (χ0n) is 13.4. The lowest BCUT2D eigenvalue weighted by molar-refractivity contribution is 1.01. The van der Waals surface area contributed by atoms with Gasteiger partial charge in [0.25, 0.3) is 0 Å². The van der Waals surface area contributed by atoms with Crippen molar-refractivity contribution in [3.05, 3.63) is 83.2 Å². The van der Waals surface area contributed by atoms with Crippen molar-refractivity contribution in [3.8, 4) is 33.5 Å². The average Bonchev–Trinajstić information content (AvgIpc) is 2.71. The summed E-state index contributed by atoms with van der Waals surface area (Å²) in [6.07, 6.45) is 6.31. The zero-order valence-corrected chi connectivity index (χ0v) is 14.9. The molecule has 0 fully saturated rings. The fraction of sp³-hybridized carbons (Fsp3) is 0.